The standard InChI is InChI=1S/C16H21ClN2O/c1-4-15(19-16-7-8-18-10-11(16)2)13-9-12(20-3)5-6-14(13)17/h5-6,9,18H,4,7-8,10H2,1-3H3. The van der Waals surface area contributed by atoms with E-state index in [4.69, 9.17) is 21.3 Å². The predicted octanol–water partition coefficient (Wildman–Crippen LogP) is 3.82. The molecule has 0 radical (unpaired) electrons. The van der Waals surface area contributed by atoms with Gasteiger partial charge in [-0.05, 0) is 37.1 Å². The molecule has 0 aromatic heterocycles. The Kier molecular flexibility index (Phi) is 5.21. The van der Waals surface area contributed by atoms with Gasteiger partial charge in [-0.1, -0.05) is 18.5 Å². The van der Waals surface area contributed by atoms with Gasteiger partial charge in [0, 0.05) is 41.5 Å². The van der Waals surface area contributed by atoms with Gasteiger partial charge < -0.3 is 10.1 Å². The Morgan fingerprint density at radius 2 is 2.25 bits per heavy atom. The number of aliphatic imine (C=N–C) groups is 1. The van der Waals surface area contributed by atoms with Gasteiger partial charge in [-0.25, -0.2) is 0 Å². The summed E-state index contributed by atoms with van der Waals surface area (Å²) in [5.41, 5.74) is 4.47. The third-order valence-corrected chi connectivity index (χ3v) is 3.84. The first kappa shape index (κ1) is 15.1. The molecule has 1 heterocycles. The lowest BCUT2D eigenvalue weighted by molar-refractivity contribution is 0.414. The maximum absolute atomic E-state index is 6.32. The van der Waals surface area contributed by atoms with Crippen LogP contribution in [0.5, 0.6) is 5.75 Å². The highest BCUT2D eigenvalue weighted by molar-refractivity contribution is 6.34. The van der Waals surface area contributed by atoms with Gasteiger partial charge in [0.25, 0.3) is 0 Å². The van der Waals surface area contributed by atoms with Crippen molar-refractivity contribution in [2.24, 2.45) is 4.99 Å². The van der Waals surface area contributed by atoms with E-state index in [-0.39, 0.29) is 0 Å². The zero-order chi connectivity index (χ0) is 14.5. The Bertz CT molecular complexity index is 549. The molecular weight excluding hydrogens is 272 g/mol. The van der Waals surface area contributed by atoms with E-state index in [2.05, 4.69) is 19.2 Å². The normalized spacial score (nSPS) is 16.5. The fourth-order valence-corrected chi connectivity index (χ4v) is 2.52. The third-order valence-electron chi connectivity index (χ3n) is 3.51. The predicted molar refractivity (Wildman–Crippen MR) is 85.0 cm³/mol. The molecule has 0 atom stereocenters. The summed E-state index contributed by atoms with van der Waals surface area (Å²) in [4.78, 5) is 4.86. The number of methoxy groups -OCH3 is 1. The quantitative estimate of drug-likeness (QED) is 0.856. The molecule has 3 nitrogen and oxygen atoms in total. The molecule has 0 aliphatic carbocycles. The fourth-order valence-electron chi connectivity index (χ4n) is 2.29. The lowest BCUT2D eigenvalue weighted by atomic mass is 10.1. The van der Waals surface area contributed by atoms with Crippen molar-refractivity contribution in [1.29, 1.82) is 0 Å². The molecule has 0 spiro atoms. The average Bonchev–Trinajstić information content (AvgIpc) is 2.47. The maximum atomic E-state index is 6.32. The Morgan fingerprint density at radius 1 is 1.45 bits per heavy atom. The van der Waals surface area contributed by atoms with Crippen LogP contribution < -0.4 is 10.1 Å². The van der Waals surface area contributed by atoms with Crippen molar-refractivity contribution in [3.63, 3.8) is 0 Å². The van der Waals surface area contributed by atoms with E-state index >= 15 is 0 Å². The average molecular weight is 293 g/mol. The highest BCUT2D eigenvalue weighted by atomic mass is 35.5. The first-order valence-corrected chi connectivity index (χ1v) is 7.34. The molecule has 0 saturated carbocycles. The summed E-state index contributed by atoms with van der Waals surface area (Å²) < 4.78 is 5.28. The van der Waals surface area contributed by atoms with Crippen LogP contribution in [0, 0.1) is 0 Å². The van der Waals surface area contributed by atoms with Crippen LogP contribution >= 0.6 is 11.6 Å². The molecule has 2 rings (SSSR count). The molecule has 0 fully saturated rings. The van der Waals surface area contributed by atoms with Gasteiger partial charge in [0.2, 0.25) is 0 Å². The molecular formula is C16H21ClN2O. The minimum absolute atomic E-state index is 0.721. The summed E-state index contributed by atoms with van der Waals surface area (Å²) in [6.45, 7) is 6.14. The maximum Gasteiger partial charge on any atom is 0.119 e. The van der Waals surface area contributed by atoms with Crippen LogP contribution in [0.1, 0.15) is 32.3 Å². The molecule has 1 aliphatic rings. The zero-order valence-electron chi connectivity index (χ0n) is 12.3. The molecule has 4 heteroatoms. The summed E-state index contributed by atoms with van der Waals surface area (Å²) in [5.74, 6) is 0.807. The number of nitrogens with one attached hydrogen (secondary N) is 1. The number of hydrogen-bond acceptors (Lipinski definition) is 3. The van der Waals surface area contributed by atoms with Crippen molar-refractivity contribution >= 4 is 17.3 Å². The van der Waals surface area contributed by atoms with E-state index in [1.807, 2.05) is 18.2 Å². The summed E-state index contributed by atoms with van der Waals surface area (Å²) >= 11 is 6.32. The first-order chi connectivity index (χ1) is 9.65. The van der Waals surface area contributed by atoms with Crippen LogP contribution in [0.25, 0.3) is 0 Å². The van der Waals surface area contributed by atoms with Crippen molar-refractivity contribution < 1.29 is 4.74 Å². The van der Waals surface area contributed by atoms with Gasteiger partial charge in [0.05, 0.1) is 7.11 Å². The SMILES string of the molecule is CCC(=NC1=C(C)CNCC1)c1cc(OC)ccc1Cl. The van der Waals surface area contributed by atoms with E-state index in [1.165, 1.54) is 11.3 Å². The molecule has 0 saturated heterocycles. The molecule has 108 valence electrons. The van der Waals surface area contributed by atoms with Crippen molar-refractivity contribution in [2.45, 2.75) is 26.7 Å². The third kappa shape index (κ3) is 3.41. The van der Waals surface area contributed by atoms with Gasteiger partial charge in [-0.15, -0.1) is 0 Å². The van der Waals surface area contributed by atoms with Crippen LogP contribution in [0.3, 0.4) is 0 Å². The number of rotatable bonds is 4. The minimum atomic E-state index is 0.721. The van der Waals surface area contributed by atoms with Crippen LogP contribution in [0.4, 0.5) is 0 Å². The van der Waals surface area contributed by atoms with Crippen LogP contribution in [-0.2, 0) is 0 Å². The highest BCUT2D eigenvalue weighted by Crippen LogP contribution is 2.25. The molecule has 1 aromatic rings. The minimum Gasteiger partial charge on any atom is -0.497 e. The second-order valence-corrected chi connectivity index (χ2v) is 5.32. The highest BCUT2D eigenvalue weighted by Gasteiger charge is 2.12. The van der Waals surface area contributed by atoms with E-state index in [0.717, 1.165) is 48.0 Å². The van der Waals surface area contributed by atoms with Crippen LogP contribution in [0.2, 0.25) is 5.02 Å². The van der Waals surface area contributed by atoms with Gasteiger partial charge >= 0.3 is 0 Å². The van der Waals surface area contributed by atoms with Crippen molar-refractivity contribution in [3.8, 4) is 5.75 Å². The molecule has 0 unspecified atom stereocenters. The molecule has 0 amide bonds. The van der Waals surface area contributed by atoms with Gasteiger partial charge in [-0.2, -0.15) is 0 Å². The molecule has 1 aliphatic heterocycles. The van der Waals surface area contributed by atoms with Gasteiger partial charge in [-0.3, -0.25) is 4.99 Å². The van der Waals surface area contributed by atoms with Crippen molar-refractivity contribution in [1.82, 2.24) is 5.32 Å². The summed E-state index contributed by atoms with van der Waals surface area (Å²) in [5, 5.41) is 4.07. The van der Waals surface area contributed by atoms with E-state index in [0.29, 0.717) is 0 Å². The first-order valence-electron chi connectivity index (χ1n) is 6.96. The largest absolute Gasteiger partial charge is 0.497 e. The zero-order valence-corrected chi connectivity index (χ0v) is 13.0. The van der Waals surface area contributed by atoms with Gasteiger partial charge in [0.15, 0.2) is 0 Å². The Morgan fingerprint density at radius 3 is 2.90 bits per heavy atom. The number of hydrogen-bond donors (Lipinski definition) is 1. The molecule has 0 bridgehead atoms. The Labute approximate surface area is 125 Å². The van der Waals surface area contributed by atoms with Crippen LogP contribution in [0.15, 0.2) is 34.5 Å². The second kappa shape index (κ2) is 6.91. The summed E-state index contributed by atoms with van der Waals surface area (Å²) in [6, 6.07) is 5.69. The Hall–Kier alpha value is -1.32. The smallest absolute Gasteiger partial charge is 0.119 e. The lowest BCUT2D eigenvalue weighted by Gasteiger charge is -2.17. The topological polar surface area (TPSA) is 33.6 Å². The van der Waals surface area contributed by atoms with Gasteiger partial charge in [0.1, 0.15) is 5.75 Å². The fraction of sp³-hybridized carbons (Fsp3) is 0.438. The molecule has 1 aromatic carbocycles. The van der Waals surface area contributed by atoms with Crippen molar-refractivity contribution in [2.75, 3.05) is 20.2 Å². The van der Waals surface area contributed by atoms with E-state index in [1.54, 1.807) is 7.11 Å². The monoisotopic (exact) mass is 292 g/mol. The number of ether oxygens (including phenoxy) is 1. The Balaban J connectivity index is 2.41. The van der Waals surface area contributed by atoms with Crippen molar-refractivity contribution in [3.05, 3.63) is 40.1 Å². The van der Waals surface area contributed by atoms with E-state index in [9.17, 15) is 0 Å². The lowest BCUT2D eigenvalue weighted by Crippen LogP contribution is -2.24. The number of nitrogens with zero attached hydrogens (tertiary/aromatic N) is 1. The summed E-state index contributed by atoms with van der Waals surface area (Å²) in [7, 11) is 1.66. The van der Waals surface area contributed by atoms with Crippen LogP contribution in [-0.4, -0.2) is 25.9 Å². The number of halogens is 1. The second-order valence-electron chi connectivity index (χ2n) is 4.91. The molecule has 20 heavy (non-hydrogen) atoms. The molecule has 1 N–H and O–H groups in total. The van der Waals surface area contributed by atoms with E-state index < -0.39 is 0 Å². The number of benzene rings is 1. The summed E-state index contributed by atoms with van der Waals surface area (Å²) in [6.07, 6.45) is 1.81.